The van der Waals surface area contributed by atoms with Gasteiger partial charge < -0.3 is 15.3 Å². The lowest BCUT2D eigenvalue weighted by molar-refractivity contribution is 0.0597. The number of benzene rings is 1. The van der Waals surface area contributed by atoms with Crippen molar-refractivity contribution in [2.75, 3.05) is 20.1 Å². The summed E-state index contributed by atoms with van der Waals surface area (Å²) < 4.78 is 11.8. The van der Waals surface area contributed by atoms with E-state index < -0.39 is 5.97 Å². The number of ether oxygens (including phenoxy) is 2. The molecule has 0 saturated carbocycles. The minimum absolute atomic E-state index is 0.198. The van der Waals surface area contributed by atoms with Crippen molar-refractivity contribution < 1.29 is 14.3 Å². The summed E-state index contributed by atoms with van der Waals surface area (Å²) in [5.74, 6) is 5.59. The molecule has 0 amide bonds. The maximum absolute atomic E-state index is 11.5. The fraction of sp³-hybridized carbons (Fsp3) is 0.200. The molecule has 2 aromatic rings. The molecule has 0 bridgehead atoms. The van der Waals surface area contributed by atoms with E-state index in [1.54, 1.807) is 12.1 Å². The summed E-state index contributed by atoms with van der Waals surface area (Å²) >= 11 is 1.18. The molecule has 0 atom stereocenters. The van der Waals surface area contributed by atoms with Crippen LogP contribution in [0.1, 0.15) is 10.4 Å². The lowest BCUT2D eigenvalue weighted by Gasteiger charge is -2.07. The first-order valence-corrected chi connectivity index (χ1v) is 5.51. The van der Waals surface area contributed by atoms with Gasteiger partial charge in [-0.3, -0.25) is 5.41 Å². The number of fused-ring (bicyclic) bond motifs is 1. The number of nitrogens with two attached hydrogens (primary N) is 1. The van der Waals surface area contributed by atoms with Crippen molar-refractivity contribution >= 4 is 27.5 Å². The van der Waals surface area contributed by atoms with E-state index in [0.717, 1.165) is 4.70 Å². The number of carbonyl (C=O) groups excluding carboxylic acids is 1. The van der Waals surface area contributed by atoms with Gasteiger partial charge >= 0.3 is 5.97 Å². The van der Waals surface area contributed by atoms with Crippen molar-refractivity contribution in [2.45, 2.75) is 0 Å². The second-order valence-electron chi connectivity index (χ2n) is 3.29. The zero-order valence-corrected chi connectivity index (χ0v) is 10.1. The van der Waals surface area contributed by atoms with E-state index in [4.69, 9.17) is 16.0 Å². The Kier molecular flexibility index (Phi) is 2.76. The molecule has 1 heterocycles. The molecule has 2 rings (SSSR count). The van der Waals surface area contributed by atoms with E-state index in [-0.39, 0.29) is 4.80 Å². The van der Waals surface area contributed by atoms with Crippen LogP contribution in [0.5, 0.6) is 5.75 Å². The predicted octanol–water partition coefficient (Wildman–Crippen LogP) is 0.691. The van der Waals surface area contributed by atoms with Gasteiger partial charge in [0.1, 0.15) is 11.3 Å². The van der Waals surface area contributed by atoms with Crippen LogP contribution in [0.3, 0.4) is 0 Å². The van der Waals surface area contributed by atoms with Gasteiger partial charge in [-0.25, -0.2) is 9.47 Å². The lowest BCUT2D eigenvalue weighted by Crippen LogP contribution is -2.21. The molecule has 0 spiro atoms. The number of hydrogen-bond acceptors (Lipinski definition) is 6. The summed E-state index contributed by atoms with van der Waals surface area (Å²) in [7, 11) is 2.77. The van der Waals surface area contributed by atoms with Gasteiger partial charge in [-0.15, -0.1) is 0 Å². The number of methoxy groups -OCH3 is 2. The highest BCUT2D eigenvalue weighted by Crippen LogP contribution is 2.27. The number of thiazole rings is 1. The third-order valence-corrected chi connectivity index (χ3v) is 3.31. The van der Waals surface area contributed by atoms with Crippen LogP contribution >= 0.6 is 11.3 Å². The van der Waals surface area contributed by atoms with Gasteiger partial charge in [0.25, 0.3) is 0 Å². The molecule has 17 heavy (non-hydrogen) atoms. The molecule has 90 valence electrons. The van der Waals surface area contributed by atoms with Crippen molar-refractivity contribution in [3.63, 3.8) is 0 Å². The number of rotatable bonds is 2. The number of hydrogen-bond donors (Lipinski definition) is 2. The fourth-order valence-corrected chi connectivity index (χ4v) is 2.36. The van der Waals surface area contributed by atoms with Gasteiger partial charge in [0.2, 0.25) is 4.80 Å². The minimum atomic E-state index is -0.479. The first-order valence-electron chi connectivity index (χ1n) is 4.70. The second kappa shape index (κ2) is 4.10. The topological polar surface area (TPSA) is 90.3 Å². The summed E-state index contributed by atoms with van der Waals surface area (Å²) in [6.07, 6.45) is 0. The van der Waals surface area contributed by atoms with Crippen LogP contribution in [0.2, 0.25) is 0 Å². The number of nitrogen functional groups attached to an aromatic ring is 1. The van der Waals surface area contributed by atoms with Crippen molar-refractivity contribution in [1.29, 1.82) is 5.41 Å². The quantitative estimate of drug-likeness (QED) is 0.608. The summed E-state index contributed by atoms with van der Waals surface area (Å²) in [6.45, 7) is 0. The maximum Gasteiger partial charge on any atom is 0.341 e. The van der Waals surface area contributed by atoms with Crippen molar-refractivity contribution in [3.8, 4) is 5.75 Å². The zero-order chi connectivity index (χ0) is 12.6. The van der Waals surface area contributed by atoms with Gasteiger partial charge in [-0.2, -0.15) is 0 Å². The zero-order valence-electron chi connectivity index (χ0n) is 9.31. The smallest absolute Gasteiger partial charge is 0.341 e. The number of esters is 1. The Morgan fingerprint density at radius 3 is 2.76 bits per heavy atom. The van der Waals surface area contributed by atoms with Gasteiger partial charge in [0.05, 0.1) is 24.4 Å². The summed E-state index contributed by atoms with van der Waals surface area (Å²) in [5, 5.41) is 7.60. The van der Waals surface area contributed by atoms with E-state index in [2.05, 4.69) is 4.74 Å². The third-order valence-electron chi connectivity index (χ3n) is 2.37. The van der Waals surface area contributed by atoms with Gasteiger partial charge in [0.15, 0.2) is 0 Å². The highest BCUT2D eigenvalue weighted by Gasteiger charge is 2.16. The number of carbonyl (C=O) groups is 1. The van der Waals surface area contributed by atoms with Crippen LogP contribution in [-0.2, 0) is 4.74 Å². The molecule has 0 aliphatic carbocycles. The molecule has 6 nitrogen and oxygen atoms in total. The van der Waals surface area contributed by atoms with Crippen LogP contribution in [0.25, 0.3) is 10.2 Å². The number of nitrogens with zero attached hydrogens (tertiary/aromatic N) is 1. The van der Waals surface area contributed by atoms with E-state index in [0.29, 0.717) is 16.8 Å². The third kappa shape index (κ3) is 1.74. The largest absolute Gasteiger partial charge is 0.496 e. The van der Waals surface area contributed by atoms with E-state index >= 15 is 0 Å². The molecule has 1 aromatic heterocycles. The van der Waals surface area contributed by atoms with Gasteiger partial charge in [0, 0.05) is 6.07 Å². The van der Waals surface area contributed by atoms with Crippen molar-refractivity contribution in [1.82, 2.24) is 4.68 Å². The van der Waals surface area contributed by atoms with Crippen LogP contribution in [0.4, 0.5) is 0 Å². The van der Waals surface area contributed by atoms with Crippen molar-refractivity contribution in [3.05, 3.63) is 22.5 Å². The standard InChI is InChI=1S/C10H11N3O3S/c1-15-7-4-6-8(17-10(11)13(6)12)3-5(7)9(14)16-2/h3-4,11H,12H2,1-2H3. The van der Waals surface area contributed by atoms with Gasteiger partial charge in [-0.05, 0) is 6.07 Å². The highest BCUT2D eigenvalue weighted by atomic mass is 32.1. The molecule has 0 radical (unpaired) electrons. The van der Waals surface area contributed by atoms with E-state index in [1.165, 1.54) is 30.2 Å². The number of nitrogens with one attached hydrogen (secondary N) is 1. The van der Waals surface area contributed by atoms with E-state index in [9.17, 15) is 4.79 Å². The summed E-state index contributed by atoms with van der Waals surface area (Å²) in [4.78, 5) is 11.7. The monoisotopic (exact) mass is 253 g/mol. The Hall–Kier alpha value is -2.02. The number of aromatic nitrogens is 1. The molecule has 0 unspecified atom stereocenters. The Morgan fingerprint density at radius 2 is 2.18 bits per heavy atom. The maximum atomic E-state index is 11.5. The first kappa shape index (κ1) is 11.5. The summed E-state index contributed by atoms with van der Waals surface area (Å²) in [5.41, 5.74) is 0.967. The Bertz CT molecular complexity index is 644. The molecule has 0 aliphatic rings. The first-order chi connectivity index (χ1) is 8.08. The molecule has 0 saturated heterocycles. The molecule has 1 aromatic carbocycles. The molecule has 3 N–H and O–H groups in total. The fourth-order valence-electron chi connectivity index (χ4n) is 1.52. The lowest BCUT2D eigenvalue weighted by atomic mass is 10.2. The second-order valence-corrected chi connectivity index (χ2v) is 4.32. The molecular formula is C10H11N3O3S. The normalized spacial score (nSPS) is 10.5. The Balaban J connectivity index is 2.77. The summed E-state index contributed by atoms with van der Waals surface area (Å²) in [6, 6.07) is 3.24. The SMILES string of the molecule is COC(=O)c1cc2sc(=N)n(N)c2cc1OC. The minimum Gasteiger partial charge on any atom is -0.496 e. The Labute approximate surface area is 101 Å². The van der Waals surface area contributed by atoms with E-state index in [1.807, 2.05) is 0 Å². The molecule has 7 heteroatoms. The predicted molar refractivity (Wildman–Crippen MR) is 63.7 cm³/mol. The van der Waals surface area contributed by atoms with Crippen LogP contribution in [0, 0.1) is 5.41 Å². The molecule has 0 fully saturated rings. The molecule has 0 aliphatic heterocycles. The van der Waals surface area contributed by atoms with Crippen LogP contribution in [-0.4, -0.2) is 24.9 Å². The molecular weight excluding hydrogens is 242 g/mol. The van der Waals surface area contributed by atoms with Crippen LogP contribution < -0.4 is 15.4 Å². The average Bonchev–Trinajstić information content (AvgIpc) is 2.62. The highest BCUT2D eigenvalue weighted by molar-refractivity contribution is 7.16. The van der Waals surface area contributed by atoms with Crippen LogP contribution in [0.15, 0.2) is 12.1 Å². The van der Waals surface area contributed by atoms with Gasteiger partial charge in [-0.1, -0.05) is 11.3 Å². The van der Waals surface area contributed by atoms with Crippen molar-refractivity contribution in [2.24, 2.45) is 0 Å². The Morgan fingerprint density at radius 1 is 1.47 bits per heavy atom. The average molecular weight is 253 g/mol.